The van der Waals surface area contributed by atoms with Crippen LogP contribution in [0.15, 0.2) is 18.2 Å². The van der Waals surface area contributed by atoms with Gasteiger partial charge in [0, 0.05) is 12.1 Å². The van der Waals surface area contributed by atoms with E-state index in [1.165, 1.54) is 24.0 Å². The summed E-state index contributed by atoms with van der Waals surface area (Å²) in [6.07, 6.45) is 2.49. The number of aryl methyl sites for hydroxylation is 2. The number of hydrogen-bond donors (Lipinski definition) is 1. The molecule has 0 bridgehead atoms. The average Bonchev–Trinajstić information content (AvgIpc) is 2.61. The minimum absolute atomic E-state index is 0.576. The quantitative estimate of drug-likeness (QED) is 0.815. The van der Waals surface area contributed by atoms with E-state index in [1.54, 1.807) is 5.56 Å². The third kappa shape index (κ3) is 2.30. The molecule has 1 aromatic carbocycles. The van der Waals surface area contributed by atoms with Crippen LogP contribution in [0, 0.1) is 12.8 Å². The van der Waals surface area contributed by atoms with Crippen LogP contribution in [0.2, 0.25) is 0 Å². The van der Waals surface area contributed by atoms with Crippen LogP contribution < -0.4 is 5.32 Å². The predicted octanol–water partition coefficient (Wildman–Crippen LogP) is 3.62. The zero-order valence-electron chi connectivity index (χ0n) is 10.9. The second-order valence-electron chi connectivity index (χ2n) is 5.49. The van der Waals surface area contributed by atoms with Crippen LogP contribution in [0.25, 0.3) is 0 Å². The molecule has 88 valence electrons. The molecule has 1 N–H and O–H groups in total. The first-order valence-electron chi connectivity index (χ1n) is 6.43. The molecule has 2 rings (SSSR count). The van der Waals surface area contributed by atoms with Crippen molar-refractivity contribution in [2.24, 2.45) is 5.92 Å². The van der Waals surface area contributed by atoms with Crippen molar-refractivity contribution >= 4 is 0 Å². The second kappa shape index (κ2) is 4.58. The maximum absolute atomic E-state index is 3.76. The molecule has 1 heteroatoms. The summed E-state index contributed by atoms with van der Waals surface area (Å²) in [6, 6.07) is 8.05. The first kappa shape index (κ1) is 11.7. The Bertz CT molecular complexity index is 368. The summed E-state index contributed by atoms with van der Waals surface area (Å²) in [5.41, 5.74) is 4.45. The lowest BCUT2D eigenvalue weighted by molar-refractivity contribution is 0.375. The normalized spacial score (nSPS) is 21.2. The van der Waals surface area contributed by atoms with Crippen LogP contribution in [0.4, 0.5) is 0 Å². The van der Waals surface area contributed by atoms with E-state index >= 15 is 0 Å². The van der Waals surface area contributed by atoms with E-state index in [1.807, 2.05) is 0 Å². The fraction of sp³-hybridized carbons (Fsp3) is 0.600. The summed E-state index contributed by atoms with van der Waals surface area (Å²) >= 11 is 0. The van der Waals surface area contributed by atoms with Gasteiger partial charge >= 0.3 is 0 Å². The van der Waals surface area contributed by atoms with E-state index in [4.69, 9.17) is 0 Å². The van der Waals surface area contributed by atoms with Crippen LogP contribution >= 0.6 is 0 Å². The maximum atomic E-state index is 3.76. The SMILES string of the molecule is Cc1ccc2c(c1)C(NC(C)C(C)C)CC2. The average molecular weight is 217 g/mol. The third-order valence-corrected chi connectivity index (χ3v) is 3.84. The highest BCUT2D eigenvalue weighted by Gasteiger charge is 2.24. The van der Waals surface area contributed by atoms with E-state index < -0.39 is 0 Å². The van der Waals surface area contributed by atoms with Crippen LogP contribution in [-0.4, -0.2) is 6.04 Å². The number of rotatable bonds is 3. The molecule has 1 aliphatic rings. The van der Waals surface area contributed by atoms with Crippen molar-refractivity contribution in [2.45, 2.75) is 52.6 Å². The maximum Gasteiger partial charge on any atom is 0.0328 e. The lowest BCUT2D eigenvalue weighted by atomic mass is 10.0. The molecule has 0 saturated heterocycles. The van der Waals surface area contributed by atoms with Crippen molar-refractivity contribution in [3.05, 3.63) is 34.9 Å². The third-order valence-electron chi connectivity index (χ3n) is 3.84. The molecule has 1 aliphatic carbocycles. The van der Waals surface area contributed by atoms with Gasteiger partial charge in [-0.25, -0.2) is 0 Å². The summed E-state index contributed by atoms with van der Waals surface area (Å²) in [4.78, 5) is 0. The Morgan fingerprint density at radius 2 is 2.00 bits per heavy atom. The Balaban J connectivity index is 2.14. The number of hydrogen-bond acceptors (Lipinski definition) is 1. The standard InChI is InChI=1S/C15H23N/c1-10(2)12(4)16-15-8-7-13-6-5-11(3)9-14(13)15/h5-6,9-10,12,15-16H,7-8H2,1-4H3. The van der Waals surface area contributed by atoms with Gasteiger partial charge in [0.1, 0.15) is 0 Å². The van der Waals surface area contributed by atoms with Crippen molar-refractivity contribution in [1.29, 1.82) is 0 Å². The number of nitrogens with one attached hydrogen (secondary N) is 1. The van der Waals surface area contributed by atoms with Crippen molar-refractivity contribution in [1.82, 2.24) is 5.32 Å². The lowest BCUT2D eigenvalue weighted by Crippen LogP contribution is -2.33. The highest BCUT2D eigenvalue weighted by Crippen LogP contribution is 2.32. The highest BCUT2D eigenvalue weighted by atomic mass is 15.0. The molecule has 0 amide bonds. The molecule has 16 heavy (non-hydrogen) atoms. The minimum atomic E-state index is 0.576. The van der Waals surface area contributed by atoms with Gasteiger partial charge in [-0.1, -0.05) is 37.6 Å². The van der Waals surface area contributed by atoms with Crippen LogP contribution in [0.5, 0.6) is 0 Å². The summed E-state index contributed by atoms with van der Waals surface area (Å²) in [5.74, 6) is 0.703. The van der Waals surface area contributed by atoms with Gasteiger partial charge in [-0.05, 0) is 43.7 Å². The van der Waals surface area contributed by atoms with Gasteiger partial charge in [0.25, 0.3) is 0 Å². The van der Waals surface area contributed by atoms with E-state index in [0.29, 0.717) is 18.0 Å². The fourth-order valence-electron chi connectivity index (χ4n) is 2.40. The Kier molecular flexibility index (Phi) is 3.34. The number of benzene rings is 1. The minimum Gasteiger partial charge on any atom is -0.307 e. The van der Waals surface area contributed by atoms with Gasteiger partial charge in [-0.2, -0.15) is 0 Å². The van der Waals surface area contributed by atoms with Gasteiger partial charge in [0.05, 0.1) is 0 Å². The summed E-state index contributed by atoms with van der Waals surface area (Å²) < 4.78 is 0. The summed E-state index contributed by atoms with van der Waals surface area (Å²) in [6.45, 7) is 9.04. The van der Waals surface area contributed by atoms with Gasteiger partial charge < -0.3 is 5.32 Å². The molecule has 0 heterocycles. The topological polar surface area (TPSA) is 12.0 Å². The molecular weight excluding hydrogens is 194 g/mol. The Labute approximate surface area is 99.3 Å². The highest BCUT2D eigenvalue weighted by molar-refractivity contribution is 5.37. The zero-order chi connectivity index (χ0) is 11.7. The Hall–Kier alpha value is -0.820. The molecule has 0 spiro atoms. The first-order chi connectivity index (χ1) is 7.58. The molecular formula is C15H23N. The predicted molar refractivity (Wildman–Crippen MR) is 69.7 cm³/mol. The summed E-state index contributed by atoms with van der Waals surface area (Å²) in [5, 5.41) is 3.76. The first-order valence-corrected chi connectivity index (χ1v) is 6.43. The van der Waals surface area contributed by atoms with E-state index in [0.717, 1.165) is 0 Å². The van der Waals surface area contributed by atoms with Crippen molar-refractivity contribution in [3.8, 4) is 0 Å². The van der Waals surface area contributed by atoms with E-state index in [2.05, 4.69) is 51.2 Å². The van der Waals surface area contributed by atoms with Crippen LogP contribution in [0.3, 0.4) is 0 Å². The molecule has 0 saturated carbocycles. The van der Waals surface area contributed by atoms with Crippen molar-refractivity contribution in [2.75, 3.05) is 0 Å². The van der Waals surface area contributed by atoms with Crippen LogP contribution in [-0.2, 0) is 6.42 Å². The summed E-state index contributed by atoms with van der Waals surface area (Å²) in [7, 11) is 0. The van der Waals surface area contributed by atoms with Crippen molar-refractivity contribution < 1.29 is 0 Å². The molecule has 1 aromatic rings. The Morgan fingerprint density at radius 1 is 1.25 bits per heavy atom. The largest absolute Gasteiger partial charge is 0.307 e. The lowest BCUT2D eigenvalue weighted by Gasteiger charge is -2.23. The van der Waals surface area contributed by atoms with E-state index in [-0.39, 0.29) is 0 Å². The molecule has 2 unspecified atom stereocenters. The number of fused-ring (bicyclic) bond motifs is 1. The van der Waals surface area contributed by atoms with Gasteiger partial charge in [-0.15, -0.1) is 0 Å². The van der Waals surface area contributed by atoms with Crippen LogP contribution in [0.1, 0.15) is 49.9 Å². The molecule has 0 radical (unpaired) electrons. The van der Waals surface area contributed by atoms with E-state index in [9.17, 15) is 0 Å². The van der Waals surface area contributed by atoms with Gasteiger partial charge in [-0.3, -0.25) is 0 Å². The molecule has 0 aromatic heterocycles. The molecule has 2 atom stereocenters. The zero-order valence-corrected chi connectivity index (χ0v) is 10.9. The van der Waals surface area contributed by atoms with Gasteiger partial charge in [0.2, 0.25) is 0 Å². The second-order valence-corrected chi connectivity index (χ2v) is 5.49. The molecule has 0 fully saturated rings. The molecule has 1 nitrogen and oxygen atoms in total. The van der Waals surface area contributed by atoms with Crippen molar-refractivity contribution in [3.63, 3.8) is 0 Å². The monoisotopic (exact) mass is 217 g/mol. The fourth-order valence-corrected chi connectivity index (χ4v) is 2.40. The van der Waals surface area contributed by atoms with Gasteiger partial charge in [0.15, 0.2) is 0 Å². The molecule has 0 aliphatic heterocycles. The smallest absolute Gasteiger partial charge is 0.0328 e. The Morgan fingerprint density at radius 3 is 2.69 bits per heavy atom.